The molecule has 4 aromatic rings. The van der Waals surface area contributed by atoms with Crippen LogP contribution in [0.3, 0.4) is 0 Å². The van der Waals surface area contributed by atoms with Gasteiger partial charge in [-0.15, -0.1) is 0 Å². The van der Waals surface area contributed by atoms with Crippen molar-refractivity contribution < 1.29 is 18.7 Å². The molecule has 39 heavy (non-hydrogen) atoms. The number of fused-ring (bicyclic) bond motifs is 1. The number of rotatable bonds is 8. The number of carbonyl (C=O) groups is 1. The summed E-state index contributed by atoms with van der Waals surface area (Å²) in [6.45, 7) is 3.06. The largest absolute Gasteiger partial charge is 0.506 e. The standard InChI is InChI=1S/C32H31F2N3O2/c1-20(29(21-9-5-10-21)36-19-25-8-3-4-14-27(25)32(2,33)34)37-31(39)24-12-6-11-22(16-24)26-17-23-13-7-15-35-30(23)28(38)18-26/h3-4,6-8,11-18,20,36,38H,5,9-10,19H2,1-2H3,(H,37,39). The van der Waals surface area contributed by atoms with Gasteiger partial charge in [-0.05, 0) is 78.8 Å². The lowest BCUT2D eigenvalue weighted by Gasteiger charge is -2.28. The maximum absolute atomic E-state index is 14.1. The average Bonchev–Trinajstić information content (AvgIpc) is 2.89. The van der Waals surface area contributed by atoms with Gasteiger partial charge < -0.3 is 15.7 Å². The minimum absolute atomic E-state index is 0.000489. The molecule has 1 amide bonds. The molecule has 1 heterocycles. The van der Waals surface area contributed by atoms with Gasteiger partial charge in [-0.1, -0.05) is 42.5 Å². The fourth-order valence-electron chi connectivity index (χ4n) is 5.03. The van der Waals surface area contributed by atoms with Crippen molar-refractivity contribution in [2.24, 2.45) is 0 Å². The lowest BCUT2D eigenvalue weighted by molar-refractivity contribution is 0.0164. The molecule has 0 saturated heterocycles. The first-order valence-electron chi connectivity index (χ1n) is 13.1. The number of hydrogen-bond donors (Lipinski definition) is 3. The van der Waals surface area contributed by atoms with Gasteiger partial charge in [0.25, 0.3) is 11.8 Å². The van der Waals surface area contributed by atoms with Crippen molar-refractivity contribution in [1.82, 2.24) is 15.6 Å². The van der Waals surface area contributed by atoms with Gasteiger partial charge in [-0.25, -0.2) is 8.78 Å². The highest BCUT2D eigenvalue weighted by Crippen LogP contribution is 2.33. The number of alkyl halides is 2. The molecule has 3 aromatic carbocycles. The molecule has 1 unspecified atom stereocenters. The summed E-state index contributed by atoms with van der Waals surface area (Å²) in [5.74, 6) is -3.10. The molecule has 1 fully saturated rings. The average molecular weight is 528 g/mol. The molecule has 1 saturated carbocycles. The molecule has 0 radical (unpaired) electrons. The van der Waals surface area contributed by atoms with E-state index in [1.54, 1.807) is 42.6 Å². The maximum Gasteiger partial charge on any atom is 0.270 e. The van der Waals surface area contributed by atoms with E-state index in [0.717, 1.165) is 48.4 Å². The number of phenolic OH excluding ortho intramolecular Hbond substituents is 1. The number of nitrogens with one attached hydrogen (secondary N) is 2. The van der Waals surface area contributed by atoms with Crippen LogP contribution < -0.4 is 10.6 Å². The number of nitrogens with zero attached hydrogens (tertiary/aromatic N) is 1. The van der Waals surface area contributed by atoms with Crippen LogP contribution in [0.25, 0.3) is 22.0 Å². The molecule has 0 bridgehead atoms. The van der Waals surface area contributed by atoms with Crippen LogP contribution in [0.4, 0.5) is 8.78 Å². The molecule has 1 aromatic heterocycles. The van der Waals surface area contributed by atoms with Gasteiger partial charge in [0.15, 0.2) is 0 Å². The summed E-state index contributed by atoms with van der Waals surface area (Å²) in [5, 5.41) is 17.7. The number of aromatic nitrogens is 1. The van der Waals surface area contributed by atoms with Crippen LogP contribution in [0.1, 0.15) is 54.6 Å². The van der Waals surface area contributed by atoms with E-state index in [4.69, 9.17) is 0 Å². The minimum atomic E-state index is -2.94. The van der Waals surface area contributed by atoms with Crippen LogP contribution in [0.15, 0.2) is 90.3 Å². The van der Waals surface area contributed by atoms with Gasteiger partial charge in [0.1, 0.15) is 11.3 Å². The maximum atomic E-state index is 14.1. The Hall–Kier alpha value is -4.26. The number of amides is 1. The third-order valence-corrected chi connectivity index (χ3v) is 7.22. The summed E-state index contributed by atoms with van der Waals surface area (Å²) >= 11 is 0. The summed E-state index contributed by atoms with van der Waals surface area (Å²) in [6, 6.07) is 20.7. The number of carbonyl (C=O) groups excluding carboxylic acids is 1. The molecule has 3 N–H and O–H groups in total. The third kappa shape index (κ3) is 5.77. The second-order valence-electron chi connectivity index (χ2n) is 10.1. The predicted octanol–water partition coefficient (Wildman–Crippen LogP) is 7.07. The second kappa shape index (κ2) is 10.8. The molecular formula is C32H31F2N3O2. The fraction of sp³-hybridized carbons (Fsp3) is 0.250. The third-order valence-electron chi connectivity index (χ3n) is 7.22. The molecule has 1 aliphatic rings. The van der Waals surface area contributed by atoms with Gasteiger partial charge in [-0.3, -0.25) is 9.78 Å². The number of benzene rings is 3. The summed E-state index contributed by atoms with van der Waals surface area (Å²) in [7, 11) is 0. The Morgan fingerprint density at radius 2 is 1.82 bits per heavy atom. The Labute approximate surface area is 226 Å². The van der Waals surface area contributed by atoms with Crippen LogP contribution in [-0.4, -0.2) is 22.0 Å². The molecule has 0 spiro atoms. The quantitative estimate of drug-likeness (QED) is 0.229. The van der Waals surface area contributed by atoms with Crippen LogP contribution in [0.5, 0.6) is 5.75 Å². The summed E-state index contributed by atoms with van der Waals surface area (Å²) in [6.07, 6.45) is 4.54. The molecule has 1 atom stereocenters. The molecule has 7 heteroatoms. The van der Waals surface area contributed by atoms with E-state index >= 15 is 0 Å². The Kier molecular flexibility index (Phi) is 7.33. The van der Waals surface area contributed by atoms with Crippen LogP contribution in [0, 0.1) is 0 Å². The van der Waals surface area contributed by atoms with Crippen LogP contribution in [0.2, 0.25) is 0 Å². The predicted molar refractivity (Wildman–Crippen MR) is 149 cm³/mol. The number of phenols is 1. The lowest BCUT2D eigenvalue weighted by atomic mass is 9.88. The first-order valence-corrected chi connectivity index (χ1v) is 13.1. The number of halogens is 2. The van der Waals surface area contributed by atoms with E-state index < -0.39 is 5.92 Å². The van der Waals surface area contributed by atoms with Gasteiger partial charge in [0.2, 0.25) is 0 Å². The molecular weight excluding hydrogens is 496 g/mol. The van der Waals surface area contributed by atoms with Crippen LogP contribution in [-0.2, 0) is 12.5 Å². The van der Waals surface area contributed by atoms with Gasteiger partial charge in [0, 0.05) is 41.9 Å². The van der Waals surface area contributed by atoms with Gasteiger partial charge >= 0.3 is 0 Å². The van der Waals surface area contributed by atoms with E-state index in [9.17, 15) is 18.7 Å². The Balaban J connectivity index is 1.34. The Morgan fingerprint density at radius 1 is 1.03 bits per heavy atom. The molecule has 5 nitrogen and oxygen atoms in total. The summed E-state index contributed by atoms with van der Waals surface area (Å²) in [5.41, 5.74) is 5.20. The van der Waals surface area contributed by atoms with Crippen molar-refractivity contribution in [3.63, 3.8) is 0 Å². The van der Waals surface area contributed by atoms with E-state index in [1.165, 1.54) is 11.6 Å². The monoisotopic (exact) mass is 527 g/mol. The van der Waals surface area contributed by atoms with Crippen molar-refractivity contribution >= 4 is 16.8 Å². The number of aromatic hydroxyl groups is 1. The Bertz CT molecular complexity index is 1550. The molecule has 1 aliphatic carbocycles. The highest BCUT2D eigenvalue weighted by Gasteiger charge is 2.28. The Morgan fingerprint density at radius 3 is 2.56 bits per heavy atom. The van der Waals surface area contributed by atoms with Crippen LogP contribution >= 0.6 is 0 Å². The van der Waals surface area contributed by atoms with E-state index in [1.807, 2.05) is 37.3 Å². The normalized spacial score (nSPS) is 14.0. The second-order valence-corrected chi connectivity index (χ2v) is 10.1. The SMILES string of the molecule is CC(NC(=O)c1cccc(-c2cc(O)c3ncccc3c2)c1)C(NCc1ccccc1C(C)(F)F)=C1CCC1. The van der Waals surface area contributed by atoms with Crippen molar-refractivity contribution in [1.29, 1.82) is 0 Å². The highest BCUT2D eigenvalue weighted by molar-refractivity contribution is 5.96. The first kappa shape index (κ1) is 26.4. The lowest BCUT2D eigenvalue weighted by Crippen LogP contribution is -2.39. The number of hydrogen-bond acceptors (Lipinski definition) is 4. The highest BCUT2D eigenvalue weighted by atomic mass is 19.3. The zero-order valence-electron chi connectivity index (χ0n) is 22.0. The fourth-order valence-corrected chi connectivity index (χ4v) is 5.03. The molecule has 200 valence electrons. The zero-order chi connectivity index (χ0) is 27.6. The molecule has 5 rings (SSSR count). The van der Waals surface area contributed by atoms with Crippen molar-refractivity contribution in [2.45, 2.75) is 51.6 Å². The van der Waals surface area contributed by atoms with Gasteiger partial charge in [0.05, 0.1) is 6.04 Å². The van der Waals surface area contributed by atoms with Crippen molar-refractivity contribution in [3.8, 4) is 16.9 Å². The smallest absolute Gasteiger partial charge is 0.270 e. The first-order chi connectivity index (χ1) is 18.7. The van der Waals surface area contributed by atoms with E-state index in [0.29, 0.717) is 16.6 Å². The van der Waals surface area contributed by atoms with E-state index in [2.05, 4.69) is 15.6 Å². The zero-order valence-corrected chi connectivity index (χ0v) is 22.0. The number of pyridine rings is 1. The van der Waals surface area contributed by atoms with E-state index in [-0.39, 0.29) is 29.8 Å². The summed E-state index contributed by atoms with van der Waals surface area (Å²) < 4.78 is 28.3. The number of allylic oxidation sites excluding steroid dienone is 1. The topological polar surface area (TPSA) is 74.2 Å². The van der Waals surface area contributed by atoms with Crippen molar-refractivity contribution in [3.05, 3.63) is 107 Å². The minimum Gasteiger partial charge on any atom is -0.506 e. The summed E-state index contributed by atoms with van der Waals surface area (Å²) in [4.78, 5) is 17.5. The van der Waals surface area contributed by atoms with Crippen molar-refractivity contribution in [2.75, 3.05) is 0 Å². The molecule has 0 aliphatic heterocycles. The van der Waals surface area contributed by atoms with Gasteiger partial charge in [-0.2, -0.15) is 0 Å².